The molecule has 3 unspecified atom stereocenters. The lowest BCUT2D eigenvalue weighted by Gasteiger charge is -2.20. The lowest BCUT2D eigenvalue weighted by atomic mass is 9.94. The van der Waals surface area contributed by atoms with Crippen LogP contribution in [0.25, 0.3) is 0 Å². The van der Waals surface area contributed by atoms with Gasteiger partial charge >= 0.3 is 11.9 Å². The standard InChI is InChI=1S/C15H22O4/c1-15(2,3)19-13(16)6-7-18-14(17)12-9-10-4-5-11(12)8-10/h4-5,10-12H,6-9H2,1-3H3. The molecule has 0 aromatic rings. The van der Waals surface area contributed by atoms with Gasteiger partial charge in [0.05, 0.1) is 12.3 Å². The van der Waals surface area contributed by atoms with E-state index in [9.17, 15) is 9.59 Å². The molecule has 0 amide bonds. The number of carbonyl (C=O) groups excluding carboxylic acids is 2. The molecule has 2 rings (SSSR count). The number of hydrogen-bond acceptors (Lipinski definition) is 4. The van der Waals surface area contributed by atoms with Crippen LogP contribution in [0.5, 0.6) is 0 Å². The molecule has 0 aromatic heterocycles. The quantitative estimate of drug-likeness (QED) is 0.579. The van der Waals surface area contributed by atoms with Crippen molar-refractivity contribution < 1.29 is 19.1 Å². The molecule has 1 saturated carbocycles. The highest BCUT2D eigenvalue weighted by atomic mass is 16.6. The van der Waals surface area contributed by atoms with Crippen molar-refractivity contribution in [2.24, 2.45) is 17.8 Å². The van der Waals surface area contributed by atoms with Crippen molar-refractivity contribution in [3.63, 3.8) is 0 Å². The van der Waals surface area contributed by atoms with E-state index < -0.39 is 5.60 Å². The van der Waals surface area contributed by atoms with Crippen LogP contribution in [0.3, 0.4) is 0 Å². The molecular formula is C15H22O4. The van der Waals surface area contributed by atoms with Gasteiger partial charge in [0.1, 0.15) is 12.2 Å². The highest BCUT2D eigenvalue weighted by molar-refractivity contribution is 5.75. The number of esters is 2. The maximum Gasteiger partial charge on any atom is 0.309 e. The summed E-state index contributed by atoms with van der Waals surface area (Å²) in [6.45, 7) is 5.57. The number of fused-ring (bicyclic) bond motifs is 2. The van der Waals surface area contributed by atoms with Crippen molar-refractivity contribution >= 4 is 11.9 Å². The van der Waals surface area contributed by atoms with Gasteiger partial charge < -0.3 is 9.47 Å². The minimum absolute atomic E-state index is 0.00589. The van der Waals surface area contributed by atoms with Gasteiger partial charge in [0.15, 0.2) is 0 Å². The Labute approximate surface area is 114 Å². The fourth-order valence-corrected chi connectivity index (χ4v) is 2.79. The maximum atomic E-state index is 11.9. The molecule has 2 bridgehead atoms. The van der Waals surface area contributed by atoms with Gasteiger partial charge in [0, 0.05) is 0 Å². The van der Waals surface area contributed by atoms with Gasteiger partial charge in [-0.3, -0.25) is 9.59 Å². The molecular weight excluding hydrogens is 244 g/mol. The number of rotatable bonds is 4. The van der Waals surface area contributed by atoms with E-state index in [4.69, 9.17) is 9.47 Å². The topological polar surface area (TPSA) is 52.6 Å². The molecule has 0 aromatic carbocycles. The zero-order chi connectivity index (χ0) is 14.0. The largest absolute Gasteiger partial charge is 0.465 e. The molecule has 3 atom stereocenters. The highest BCUT2D eigenvalue weighted by Crippen LogP contribution is 2.43. The van der Waals surface area contributed by atoms with Crippen LogP contribution in [0.4, 0.5) is 0 Å². The number of carbonyl (C=O) groups is 2. The van der Waals surface area contributed by atoms with Gasteiger partial charge in [-0.25, -0.2) is 0 Å². The molecule has 0 heterocycles. The molecule has 1 fully saturated rings. The molecule has 2 aliphatic carbocycles. The van der Waals surface area contributed by atoms with Crippen LogP contribution in [0.15, 0.2) is 12.2 Å². The van der Waals surface area contributed by atoms with E-state index in [2.05, 4.69) is 12.2 Å². The van der Waals surface area contributed by atoms with Crippen LogP contribution in [0, 0.1) is 17.8 Å². The second kappa shape index (κ2) is 5.35. The van der Waals surface area contributed by atoms with E-state index in [0.717, 1.165) is 12.8 Å². The van der Waals surface area contributed by atoms with E-state index in [0.29, 0.717) is 11.8 Å². The second-order valence-electron chi connectivity index (χ2n) is 6.39. The van der Waals surface area contributed by atoms with Crippen molar-refractivity contribution in [3.05, 3.63) is 12.2 Å². The lowest BCUT2D eigenvalue weighted by Crippen LogP contribution is -2.26. The van der Waals surface area contributed by atoms with Crippen LogP contribution in [-0.2, 0) is 19.1 Å². The van der Waals surface area contributed by atoms with E-state index in [1.807, 2.05) is 20.8 Å². The summed E-state index contributed by atoms with van der Waals surface area (Å²) in [5.41, 5.74) is -0.490. The minimum Gasteiger partial charge on any atom is -0.465 e. The van der Waals surface area contributed by atoms with Crippen LogP contribution < -0.4 is 0 Å². The normalized spacial score (nSPS) is 28.5. The Kier molecular flexibility index (Phi) is 3.97. The predicted octanol–water partition coefficient (Wildman–Crippen LogP) is 2.47. The summed E-state index contributed by atoms with van der Waals surface area (Å²) in [5.74, 6) is 0.398. The number of ether oxygens (including phenoxy) is 2. The summed E-state index contributed by atoms with van der Waals surface area (Å²) in [5, 5.41) is 0. The van der Waals surface area contributed by atoms with Crippen LogP contribution in [0.1, 0.15) is 40.0 Å². The molecule has 19 heavy (non-hydrogen) atoms. The first-order chi connectivity index (χ1) is 8.85. The molecule has 4 nitrogen and oxygen atoms in total. The molecule has 0 saturated heterocycles. The fraction of sp³-hybridized carbons (Fsp3) is 0.733. The Morgan fingerprint density at radius 1 is 1.21 bits per heavy atom. The summed E-state index contributed by atoms with van der Waals surface area (Å²) >= 11 is 0. The van der Waals surface area contributed by atoms with Crippen molar-refractivity contribution in [2.75, 3.05) is 6.61 Å². The Balaban J connectivity index is 1.67. The van der Waals surface area contributed by atoms with Crippen molar-refractivity contribution in [2.45, 2.75) is 45.6 Å². The van der Waals surface area contributed by atoms with E-state index in [-0.39, 0.29) is 30.9 Å². The van der Waals surface area contributed by atoms with Crippen LogP contribution >= 0.6 is 0 Å². The lowest BCUT2D eigenvalue weighted by molar-refractivity contribution is -0.158. The summed E-state index contributed by atoms with van der Waals surface area (Å²) < 4.78 is 10.3. The fourth-order valence-electron chi connectivity index (χ4n) is 2.79. The summed E-state index contributed by atoms with van der Waals surface area (Å²) in [4.78, 5) is 23.4. The van der Waals surface area contributed by atoms with Crippen molar-refractivity contribution in [1.82, 2.24) is 0 Å². The highest BCUT2D eigenvalue weighted by Gasteiger charge is 2.40. The Hall–Kier alpha value is -1.32. The predicted molar refractivity (Wildman–Crippen MR) is 70.3 cm³/mol. The Bertz CT molecular complexity index is 391. The average molecular weight is 266 g/mol. The third kappa shape index (κ3) is 3.82. The zero-order valence-corrected chi connectivity index (χ0v) is 11.8. The van der Waals surface area contributed by atoms with Gasteiger partial charge in [-0.05, 0) is 45.4 Å². The monoisotopic (exact) mass is 266 g/mol. The summed E-state index contributed by atoms with van der Waals surface area (Å²) in [6.07, 6.45) is 6.40. The third-order valence-electron chi connectivity index (χ3n) is 3.55. The molecule has 2 aliphatic rings. The van der Waals surface area contributed by atoms with Crippen molar-refractivity contribution in [1.29, 1.82) is 0 Å². The van der Waals surface area contributed by atoms with Crippen LogP contribution in [0.2, 0.25) is 0 Å². The zero-order valence-electron chi connectivity index (χ0n) is 11.8. The van der Waals surface area contributed by atoms with Gasteiger partial charge in [-0.15, -0.1) is 0 Å². The SMILES string of the molecule is CC(C)(C)OC(=O)CCOC(=O)C1CC2C=CC1C2. The molecule has 106 valence electrons. The number of allylic oxidation sites excluding steroid dienone is 2. The molecule has 0 spiro atoms. The van der Waals surface area contributed by atoms with Gasteiger partial charge in [-0.1, -0.05) is 12.2 Å². The maximum absolute atomic E-state index is 11.9. The van der Waals surface area contributed by atoms with Crippen molar-refractivity contribution in [3.8, 4) is 0 Å². The smallest absolute Gasteiger partial charge is 0.309 e. The average Bonchev–Trinajstić information content (AvgIpc) is 2.87. The third-order valence-corrected chi connectivity index (χ3v) is 3.55. The first-order valence-electron chi connectivity index (χ1n) is 6.92. The van der Waals surface area contributed by atoms with E-state index in [1.54, 1.807) is 0 Å². The molecule has 0 aliphatic heterocycles. The van der Waals surface area contributed by atoms with Gasteiger partial charge in [-0.2, -0.15) is 0 Å². The van der Waals surface area contributed by atoms with E-state index in [1.165, 1.54) is 0 Å². The Morgan fingerprint density at radius 3 is 2.47 bits per heavy atom. The minimum atomic E-state index is -0.490. The first kappa shape index (κ1) is 14.1. The van der Waals surface area contributed by atoms with E-state index >= 15 is 0 Å². The molecule has 4 heteroatoms. The van der Waals surface area contributed by atoms with Gasteiger partial charge in [0.2, 0.25) is 0 Å². The van der Waals surface area contributed by atoms with Crippen LogP contribution in [-0.4, -0.2) is 24.1 Å². The number of hydrogen-bond donors (Lipinski definition) is 0. The Morgan fingerprint density at radius 2 is 1.95 bits per heavy atom. The summed E-state index contributed by atoms with van der Waals surface area (Å²) in [6, 6.07) is 0. The molecule has 0 N–H and O–H groups in total. The second-order valence-corrected chi connectivity index (χ2v) is 6.39. The first-order valence-corrected chi connectivity index (χ1v) is 6.92. The molecule has 0 radical (unpaired) electrons. The summed E-state index contributed by atoms with van der Waals surface area (Å²) in [7, 11) is 0. The van der Waals surface area contributed by atoms with Gasteiger partial charge in [0.25, 0.3) is 0 Å².